The first-order valence-electron chi connectivity index (χ1n) is 6.08. The van der Waals surface area contributed by atoms with Crippen molar-refractivity contribution in [3.63, 3.8) is 0 Å². The number of aromatic carboxylic acids is 1. The van der Waals surface area contributed by atoms with Crippen molar-refractivity contribution >= 4 is 65.4 Å². The average molecular weight is 321 g/mol. The Kier molecular flexibility index (Phi) is 8.42. The van der Waals surface area contributed by atoms with E-state index in [0.29, 0.717) is 6.61 Å². The molecule has 8 heteroatoms. The van der Waals surface area contributed by atoms with E-state index >= 15 is 0 Å². The van der Waals surface area contributed by atoms with Crippen LogP contribution in [0.2, 0.25) is 25.7 Å². The summed E-state index contributed by atoms with van der Waals surface area (Å²) in [6.45, 7) is 9.06. The van der Waals surface area contributed by atoms with E-state index in [1.165, 1.54) is 10.8 Å². The predicted octanol–water partition coefficient (Wildman–Crippen LogP) is 1.68. The molecule has 0 aliphatic heterocycles. The van der Waals surface area contributed by atoms with Crippen LogP contribution in [0.5, 0.6) is 0 Å². The summed E-state index contributed by atoms with van der Waals surface area (Å²) in [5.74, 6) is -1.33. The van der Waals surface area contributed by atoms with Crippen LogP contribution in [0.25, 0.3) is 0 Å². The molecule has 1 rings (SSSR count). The zero-order chi connectivity index (χ0) is 14.6. The number of ether oxygens (including phenoxy) is 1. The van der Waals surface area contributed by atoms with Crippen LogP contribution in [-0.2, 0) is 4.74 Å². The molecule has 0 fully saturated rings. The van der Waals surface area contributed by atoms with Gasteiger partial charge in [0.05, 0.1) is 0 Å². The molecular formula is C12H20KN3O3Si. The van der Waals surface area contributed by atoms with Crippen molar-refractivity contribution in [3.8, 4) is 6.07 Å². The van der Waals surface area contributed by atoms with Gasteiger partial charge in [-0.3, -0.25) is 4.57 Å². The number of hydrogen-bond donors (Lipinski definition) is 1. The van der Waals surface area contributed by atoms with Gasteiger partial charge in [-0.05, 0) is 13.0 Å². The molecule has 6 nitrogen and oxygen atoms in total. The number of imidazole rings is 1. The fourth-order valence-electron chi connectivity index (χ4n) is 1.50. The third-order valence-corrected chi connectivity index (χ3v) is 4.35. The molecule has 0 spiro atoms. The van der Waals surface area contributed by atoms with Crippen LogP contribution in [-0.4, -0.2) is 86.7 Å². The van der Waals surface area contributed by atoms with Crippen molar-refractivity contribution in [1.82, 2.24) is 9.55 Å². The minimum atomic E-state index is -1.18. The second-order valence-corrected chi connectivity index (χ2v) is 11.2. The van der Waals surface area contributed by atoms with Gasteiger partial charge in [-0.2, -0.15) is 5.26 Å². The standard InChI is InChI=1S/C12H19N3O3Si.K.H/c1-9(18-5-6-19(2,3)4)15-8-10(7-13)14-11(15)12(16)17;;/h8-9H,5-6H2,1-4H3,(H,16,17);;. The molecule has 106 valence electrons. The van der Waals surface area contributed by atoms with E-state index in [0.717, 1.165) is 6.04 Å². The van der Waals surface area contributed by atoms with E-state index in [9.17, 15) is 4.79 Å². The van der Waals surface area contributed by atoms with Gasteiger partial charge in [0.25, 0.3) is 0 Å². The Morgan fingerprint density at radius 1 is 1.60 bits per heavy atom. The van der Waals surface area contributed by atoms with E-state index in [1.54, 1.807) is 6.92 Å². The van der Waals surface area contributed by atoms with Gasteiger partial charge < -0.3 is 9.84 Å². The fourth-order valence-corrected chi connectivity index (χ4v) is 2.23. The molecule has 0 aliphatic carbocycles. The van der Waals surface area contributed by atoms with Gasteiger partial charge in [0.15, 0.2) is 5.69 Å². The molecular weight excluding hydrogens is 301 g/mol. The molecule has 1 aromatic rings. The normalized spacial score (nSPS) is 12.3. The molecule has 1 aromatic heterocycles. The van der Waals surface area contributed by atoms with Gasteiger partial charge in [-0.15, -0.1) is 0 Å². The summed E-state index contributed by atoms with van der Waals surface area (Å²) in [7, 11) is -1.18. The first-order chi connectivity index (χ1) is 8.74. The molecule has 0 saturated heterocycles. The van der Waals surface area contributed by atoms with E-state index in [-0.39, 0.29) is 62.9 Å². The molecule has 1 unspecified atom stereocenters. The third kappa shape index (κ3) is 6.17. The third-order valence-electron chi connectivity index (χ3n) is 2.64. The first-order valence-corrected chi connectivity index (χ1v) is 9.79. The van der Waals surface area contributed by atoms with E-state index in [1.807, 2.05) is 6.07 Å². The van der Waals surface area contributed by atoms with Crippen molar-refractivity contribution in [2.45, 2.75) is 38.8 Å². The SMILES string of the molecule is CC(OCC[Si](C)(C)C)n1cc(C#N)nc1C(=O)O.[KH]. The summed E-state index contributed by atoms with van der Waals surface area (Å²) in [4.78, 5) is 14.8. The van der Waals surface area contributed by atoms with Crippen LogP contribution in [0, 0.1) is 11.3 Å². The van der Waals surface area contributed by atoms with Gasteiger partial charge in [0.2, 0.25) is 5.82 Å². The zero-order valence-electron chi connectivity index (χ0n) is 11.7. The Balaban J connectivity index is 0.00000361. The van der Waals surface area contributed by atoms with Gasteiger partial charge in [-0.25, -0.2) is 9.78 Å². The van der Waals surface area contributed by atoms with Crippen LogP contribution in [0.15, 0.2) is 6.20 Å². The summed E-state index contributed by atoms with van der Waals surface area (Å²) in [5, 5.41) is 17.8. The molecule has 1 N–H and O–H groups in total. The van der Waals surface area contributed by atoms with Crippen LogP contribution < -0.4 is 0 Å². The maximum absolute atomic E-state index is 11.0. The van der Waals surface area contributed by atoms with Crippen LogP contribution in [0.3, 0.4) is 0 Å². The first kappa shape index (κ1) is 20.0. The number of carboxylic acid groups (broad SMARTS) is 1. The fraction of sp³-hybridized carbons (Fsp3) is 0.583. The molecule has 20 heavy (non-hydrogen) atoms. The summed E-state index contributed by atoms with van der Waals surface area (Å²) >= 11 is 0. The number of aromatic nitrogens is 2. The van der Waals surface area contributed by atoms with Crippen molar-refractivity contribution in [2.75, 3.05) is 6.61 Å². The van der Waals surface area contributed by atoms with Gasteiger partial charge >= 0.3 is 57.4 Å². The topological polar surface area (TPSA) is 88.1 Å². The second-order valence-electron chi connectivity index (χ2n) is 5.55. The monoisotopic (exact) mass is 321 g/mol. The Hall–Kier alpha value is -0.0168. The molecule has 0 radical (unpaired) electrons. The van der Waals surface area contributed by atoms with Gasteiger partial charge in [-0.1, -0.05) is 19.6 Å². The van der Waals surface area contributed by atoms with Crippen LogP contribution in [0.1, 0.15) is 29.5 Å². The number of nitriles is 1. The van der Waals surface area contributed by atoms with Gasteiger partial charge in [0, 0.05) is 20.9 Å². The number of hydrogen-bond acceptors (Lipinski definition) is 4. The van der Waals surface area contributed by atoms with Crippen LogP contribution >= 0.6 is 0 Å². The summed E-state index contributed by atoms with van der Waals surface area (Å²) in [5.41, 5.74) is 0.0815. The summed E-state index contributed by atoms with van der Waals surface area (Å²) < 4.78 is 7.02. The Labute approximate surface area is 162 Å². The molecule has 0 bridgehead atoms. The number of carboxylic acids is 1. The molecule has 1 atom stereocenters. The number of carbonyl (C=O) groups is 1. The molecule has 0 aliphatic rings. The van der Waals surface area contributed by atoms with Crippen LogP contribution in [0.4, 0.5) is 0 Å². The van der Waals surface area contributed by atoms with E-state index in [2.05, 4.69) is 24.6 Å². The molecule has 0 aromatic carbocycles. The van der Waals surface area contributed by atoms with Gasteiger partial charge in [0.1, 0.15) is 12.3 Å². The van der Waals surface area contributed by atoms with Crippen molar-refractivity contribution in [1.29, 1.82) is 5.26 Å². The van der Waals surface area contributed by atoms with E-state index < -0.39 is 20.3 Å². The van der Waals surface area contributed by atoms with E-state index in [4.69, 9.17) is 15.1 Å². The van der Waals surface area contributed by atoms with Crippen molar-refractivity contribution in [3.05, 3.63) is 17.7 Å². The Morgan fingerprint density at radius 3 is 2.65 bits per heavy atom. The van der Waals surface area contributed by atoms with Crippen molar-refractivity contribution < 1.29 is 14.6 Å². The molecule has 1 heterocycles. The number of nitrogens with zero attached hydrogens (tertiary/aromatic N) is 3. The summed E-state index contributed by atoms with van der Waals surface area (Å²) in [6.07, 6.45) is 0.958. The minimum absolute atomic E-state index is 0. The molecule has 0 amide bonds. The number of rotatable bonds is 6. The zero-order valence-corrected chi connectivity index (χ0v) is 12.7. The Bertz CT molecular complexity index is 505. The predicted molar refractivity (Wildman–Crippen MR) is 79.9 cm³/mol. The Morgan fingerprint density at radius 2 is 2.20 bits per heavy atom. The quantitative estimate of drug-likeness (QED) is 0.805. The maximum atomic E-state index is 11.0. The second kappa shape index (κ2) is 8.43. The summed E-state index contributed by atoms with van der Waals surface area (Å²) in [6, 6.07) is 2.83. The van der Waals surface area contributed by atoms with Crippen molar-refractivity contribution in [2.24, 2.45) is 0 Å². The average Bonchev–Trinajstić information content (AvgIpc) is 2.71. The molecule has 0 saturated carbocycles.